The molecule has 0 fully saturated rings. The summed E-state index contributed by atoms with van der Waals surface area (Å²) in [6.45, 7) is 9.17. The number of nitrogens with zero attached hydrogens (tertiary/aromatic N) is 2. The van der Waals surface area contributed by atoms with Crippen LogP contribution >= 0.6 is 0 Å². The molecule has 0 spiro atoms. The van der Waals surface area contributed by atoms with Crippen molar-refractivity contribution in [1.29, 1.82) is 0 Å². The van der Waals surface area contributed by atoms with Crippen LogP contribution in [0.25, 0.3) is 12.2 Å². The number of benzene rings is 2. The maximum Gasteiger partial charge on any atom is 0.0634 e. The van der Waals surface area contributed by atoms with Gasteiger partial charge < -0.3 is 0 Å². The zero-order chi connectivity index (χ0) is 44.9. The van der Waals surface area contributed by atoms with Crippen LogP contribution in [0.5, 0.6) is 0 Å². The van der Waals surface area contributed by atoms with Gasteiger partial charge in [-0.1, -0.05) is 275 Å². The predicted molar refractivity (Wildman–Crippen MR) is 288 cm³/mol. The first-order valence-corrected chi connectivity index (χ1v) is 27.9. The van der Waals surface area contributed by atoms with Crippen molar-refractivity contribution >= 4 is 35.0 Å². The summed E-state index contributed by atoms with van der Waals surface area (Å²) in [5.74, 6) is 0. The number of hydrogen-bond acceptors (Lipinski definition) is 2. The van der Waals surface area contributed by atoms with Gasteiger partial charge in [0.15, 0.2) is 0 Å². The second kappa shape index (κ2) is 43.2. The zero-order valence-corrected chi connectivity index (χ0v) is 42.4. The smallest absolute Gasteiger partial charge is 0.0634 e. The highest BCUT2D eigenvalue weighted by Crippen LogP contribution is 2.22. The molecule has 0 N–H and O–H groups in total. The van der Waals surface area contributed by atoms with E-state index in [2.05, 4.69) is 101 Å². The summed E-state index contributed by atoms with van der Waals surface area (Å²) in [5, 5.41) is 0. The Morgan fingerprint density at radius 2 is 0.556 bits per heavy atom. The first kappa shape index (κ1) is 56.4. The Bertz CT molecular complexity index is 1390. The number of hydrogen-bond donors (Lipinski definition) is 0. The SMILES string of the molecule is CCCCCCCCCCCCCCCCCC=Cc1ccc(N=C(CCCC)C(CCCCC)=Nc2ccc(C=CCCCCCCCCCCCCCCCCC)cc2)cc1. The van der Waals surface area contributed by atoms with Crippen molar-refractivity contribution in [1.82, 2.24) is 0 Å². The van der Waals surface area contributed by atoms with Crippen LogP contribution in [-0.2, 0) is 0 Å². The van der Waals surface area contributed by atoms with Gasteiger partial charge in [0.25, 0.3) is 0 Å². The van der Waals surface area contributed by atoms with Gasteiger partial charge in [0, 0.05) is 0 Å². The van der Waals surface area contributed by atoms with E-state index in [1.807, 2.05) is 0 Å². The van der Waals surface area contributed by atoms with E-state index in [1.165, 1.54) is 235 Å². The van der Waals surface area contributed by atoms with Crippen LogP contribution in [0.1, 0.15) is 289 Å². The lowest BCUT2D eigenvalue weighted by atomic mass is 10.0. The molecule has 2 rings (SSSR count). The summed E-state index contributed by atoms with van der Waals surface area (Å²) in [6.07, 6.45) is 62.1. The number of allylic oxidation sites excluding steroid dienone is 2. The molecule has 0 heterocycles. The van der Waals surface area contributed by atoms with Crippen LogP contribution in [0.4, 0.5) is 11.4 Å². The molecule has 0 bridgehead atoms. The van der Waals surface area contributed by atoms with Gasteiger partial charge >= 0.3 is 0 Å². The highest BCUT2D eigenvalue weighted by atomic mass is 14.8. The molecular weight excluding hydrogens is 761 g/mol. The van der Waals surface area contributed by atoms with Crippen molar-refractivity contribution in [2.45, 2.75) is 278 Å². The zero-order valence-electron chi connectivity index (χ0n) is 42.4. The molecule has 0 radical (unpaired) electrons. The molecule has 0 amide bonds. The summed E-state index contributed by atoms with van der Waals surface area (Å²) < 4.78 is 0. The third kappa shape index (κ3) is 33.4. The van der Waals surface area contributed by atoms with Crippen molar-refractivity contribution in [2.75, 3.05) is 0 Å². The van der Waals surface area contributed by atoms with Gasteiger partial charge in [-0.2, -0.15) is 0 Å². The van der Waals surface area contributed by atoms with Crippen LogP contribution in [0, 0.1) is 0 Å². The first-order chi connectivity index (χ1) is 31.2. The summed E-state index contributed by atoms with van der Waals surface area (Å²) in [7, 11) is 0. The Labute approximate surface area is 393 Å². The van der Waals surface area contributed by atoms with E-state index in [0.717, 1.165) is 49.2 Å². The molecule has 0 unspecified atom stereocenters. The molecule has 0 aliphatic carbocycles. The lowest BCUT2D eigenvalue weighted by molar-refractivity contribution is 0.533. The van der Waals surface area contributed by atoms with Crippen LogP contribution in [0.2, 0.25) is 0 Å². The van der Waals surface area contributed by atoms with E-state index in [-0.39, 0.29) is 0 Å². The number of aliphatic imine (C=N–C) groups is 2. The van der Waals surface area contributed by atoms with Crippen LogP contribution < -0.4 is 0 Å². The third-order valence-corrected chi connectivity index (χ3v) is 13.0. The molecule has 2 aromatic rings. The summed E-state index contributed by atoms with van der Waals surface area (Å²) in [6, 6.07) is 17.7. The fraction of sp³-hybridized carbons (Fsp3) is 0.705. The van der Waals surface area contributed by atoms with Gasteiger partial charge in [-0.15, -0.1) is 0 Å². The molecule has 0 saturated heterocycles. The molecule has 0 aliphatic rings. The van der Waals surface area contributed by atoms with E-state index in [0.29, 0.717) is 0 Å². The standard InChI is InChI=1S/C61H102N2/c1-5-9-13-15-17-19-21-23-25-27-29-31-33-35-37-39-42-44-56-48-52-58(53-49-56)62-60(46-12-8-4)61(47-41-11-7-3)63-59-54-50-57(51-55-59)45-43-40-38-36-34-32-30-28-26-24-22-20-18-16-14-10-6-2/h42-45,48-55H,5-41,46-47H2,1-4H3. The average Bonchev–Trinajstić information content (AvgIpc) is 3.30. The maximum absolute atomic E-state index is 5.28. The maximum atomic E-state index is 5.28. The number of unbranched alkanes of at least 4 members (excludes halogenated alkanes) is 33. The molecule has 2 nitrogen and oxygen atoms in total. The van der Waals surface area contributed by atoms with Crippen LogP contribution in [0.15, 0.2) is 70.7 Å². The Balaban J connectivity index is 1.75. The van der Waals surface area contributed by atoms with Crippen molar-refractivity contribution in [3.8, 4) is 0 Å². The Kier molecular flexibility index (Phi) is 38.6. The first-order valence-electron chi connectivity index (χ1n) is 27.9. The fourth-order valence-electron chi connectivity index (χ4n) is 8.75. The van der Waals surface area contributed by atoms with Crippen molar-refractivity contribution in [3.05, 3.63) is 71.8 Å². The molecule has 0 aliphatic heterocycles. The summed E-state index contributed by atoms with van der Waals surface area (Å²) in [4.78, 5) is 10.6. The third-order valence-electron chi connectivity index (χ3n) is 13.0. The topological polar surface area (TPSA) is 24.7 Å². The minimum Gasteiger partial charge on any atom is -0.252 e. The monoisotopic (exact) mass is 863 g/mol. The average molecular weight is 864 g/mol. The van der Waals surface area contributed by atoms with Gasteiger partial charge in [0.05, 0.1) is 22.8 Å². The Morgan fingerprint density at radius 1 is 0.302 bits per heavy atom. The predicted octanol–water partition coefficient (Wildman–Crippen LogP) is 21.9. The minimum atomic E-state index is 0.975. The highest BCUT2D eigenvalue weighted by molar-refractivity contribution is 6.43. The van der Waals surface area contributed by atoms with Gasteiger partial charge in [0.2, 0.25) is 0 Å². The van der Waals surface area contributed by atoms with E-state index >= 15 is 0 Å². The van der Waals surface area contributed by atoms with Crippen molar-refractivity contribution in [2.24, 2.45) is 9.98 Å². The molecule has 0 aromatic heterocycles. The van der Waals surface area contributed by atoms with E-state index in [4.69, 9.17) is 9.98 Å². The normalized spacial score (nSPS) is 12.4. The lowest BCUT2D eigenvalue weighted by Crippen LogP contribution is -2.14. The lowest BCUT2D eigenvalue weighted by Gasteiger charge is -2.11. The highest BCUT2D eigenvalue weighted by Gasteiger charge is 2.11. The Morgan fingerprint density at radius 3 is 0.857 bits per heavy atom. The van der Waals surface area contributed by atoms with Crippen molar-refractivity contribution in [3.63, 3.8) is 0 Å². The van der Waals surface area contributed by atoms with Crippen LogP contribution in [-0.4, -0.2) is 11.4 Å². The summed E-state index contributed by atoms with van der Waals surface area (Å²) >= 11 is 0. The van der Waals surface area contributed by atoms with Gasteiger partial charge in [-0.25, -0.2) is 0 Å². The van der Waals surface area contributed by atoms with E-state index in [9.17, 15) is 0 Å². The molecule has 63 heavy (non-hydrogen) atoms. The van der Waals surface area contributed by atoms with Gasteiger partial charge in [-0.05, 0) is 86.8 Å². The quantitative estimate of drug-likeness (QED) is 0.0468. The molecule has 0 atom stereocenters. The largest absolute Gasteiger partial charge is 0.252 e. The molecule has 0 saturated carbocycles. The van der Waals surface area contributed by atoms with Gasteiger partial charge in [0.1, 0.15) is 0 Å². The fourth-order valence-corrected chi connectivity index (χ4v) is 8.75. The van der Waals surface area contributed by atoms with Crippen LogP contribution in [0.3, 0.4) is 0 Å². The number of rotatable bonds is 44. The molecular formula is C61H102N2. The van der Waals surface area contributed by atoms with Crippen molar-refractivity contribution < 1.29 is 0 Å². The van der Waals surface area contributed by atoms with E-state index in [1.54, 1.807) is 0 Å². The second-order valence-corrected chi connectivity index (χ2v) is 19.1. The second-order valence-electron chi connectivity index (χ2n) is 19.1. The molecule has 356 valence electrons. The molecule has 2 heteroatoms. The minimum absolute atomic E-state index is 0.975. The van der Waals surface area contributed by atoms with E-state index < -0.39 is 0 Å². The molecule has 2 aromatic carbocycles. The van der Waals surface area contributed by atoms with Gasteiger partial charge in [-0.3, -0.25) is 9.98 Å². The summed E-state index contributed by atoms with van der Waals surface area (Å²) in [5.41, 5.74) is 6.95. The Hall–Kier alpha value is -2.74.